The quantitative estimate of drug-likeness (QED) is 0.556. The van der Waals surface area contributed by atoms with Gasteiger partial charge in [-0.05, 0) is 42.8 Å². The second-order valence-electron chi connectivity index (χ2n) is 6.50. The molecule has 0 aliphatic rings. The van der Waals surface area contributed by atoms with E-state index in [1.807, 2.05) is 55.5 Å². The minimum Gasteiger partial charge on any atom is -0.438 e. The molecule has 4 aromatic rings. The van der Waals surface area contributed by atoms with Gasteiger partial charge in [-0.25, -0.2) is 9.97 Å². The molecule has 0 saturated heterocycles. The average Bonchev–Trinajstić information content (AvgIpc) is 2.73. The zero-order valence-corrected chi connectivity index (χ0v) is 15.4. The second-order valence-corrected chi connectivity index (χ2v) is 6.50. The highest BCUT2D eigenvalue weighted by Gasteiger charge is 2.10. The minimum absolute atomic E-state index is 0.155. The predicted molar refractivity (Wildman–Crippen MR) is 108 cm³/mol. The van der Waals surface area contributed by atoms with Crippen LogP contribution in [0.1, 0.15) is 21.5 Å². The van der Waals surface area contributed by atoms with Gasteiger partial charge in [0.15, 0.2) is 0 Å². The van der Waals surface area contributed by atoms with Crippen LogP contribution in [0.25, 0.3) is 10.9 Å². The van der Waals surface area contributed by atoms with E-state index in [4.69, 9.17) is 4.74 Å². The van der Waals surface area contributed by atoms with Gasteiger partial charge in [0.1, 0.15) is 12.1 Å². The Kier molecular flexibility index (Phi) is 4.97. The van der Waals surface area contributed by atoms with Crippen molar-refractivity contribution >= 4 is 16.8 Å². The zero-order valence-electron chi connectivity index (χ0n) is 15.4. The Morgan fingerprint density at radius 1 is 0.964 bits per heavy atom. The van der Waals surface area contributed by atoms with Gasteiger partial charge in [0, 0.05) is 12.1 Å². The number of ether oxygens (including phenoxy) is 1. The summed E-state index contributed by atoms with van der Waals surface area (Å²) in [5, 5.41) is 3.76. The van der Waals surface area contributed by atoms with E-state index in [2.05, 4.69) is 15.3 Å². The van der Waals surface area contributed by atoms with Crippen LogP contribution < -0.4 is 10.1 Å². The Bertz CT molecular complexity index is 1130. The summed E-state index contributed by atoms with van der Waals surface area (Å²) in [7, 11) is 0. The lowest BCUT2D eigenvalue weighted by molar-refractivity contribution is 0.0950. The summed E-state index contributed by atoms with van der Waals surface area (Å²) in [6.45, 7) is 2.48. The first-order valence-electron chi connectivity index (χ1n) is 9.00. The maximum absolute atomic E-state index is 12.5. The molecule has 0 spiro atoms. The molecule has 1 amide bonds. The van der Waals surface area contributed by atoms with Crippen LogP contribution in [0.2, 0.25) is 0 Å². The van der Waals surface area contributed by atoms with Crippen LogP contribution in [0.5, 0.6) is 11.6 Å². The number of nitrogens with zero attached hydrogens (tertiary/aromatic N) is 2. The van der Waals surface area contributed by atoms with E-state index in [-0.39, 0.29) is 5.91 Å². The van der Waals surface area contributed by atoms with Gasteiger partial charge in [-0.15, -0.1) is 0 Å². The number of hydrogen-bond donors (Lipinski definition) is 1. The fourth-order valence-corrected chi connectivity index (χ4v) is 2.92. The molecule has 0 atom stereocenters. The minimum atomic E-state index is -0.155. The normalized spacial score (nSPS) is 10.6. The SMILES string of the molecule is Cc1ccc2ncnc(Oc3cccc(C(=O)NCc4ccccc4)c3)c2c1. The monoisotopic (exact) mass is 369 g/mol. The standard InChI is InChI=1S/C23H19N3O2/c1-16-10-11-21-20(12-16)23(26-15-25-21)28-19-9-5-8-18(13-19)22(27)24-14-17-6-3-2-4-7-17/h2-13,15H,14H2,1H3,(H,24,27). The first-order chi connectivity index (χ1) is 13.7. The Hall–Kier alpha value is -3.73. The molecule has 0 aliphatic heterocycles. The van der Waals surface area contributed by atoms with Crippen molar-refractivity contribution in [2.45, 2.75) is 13.5 Å². The molecule has 5 heteroatoms. The fourth-order valence-electron chi connectivity index (χ4n) is 2.92. The number of fused-ring (bicyclic) bond motifs is 1. The molecule has 4 rings (SSSR count). The molecule has 3 aromatic carbocycles. The Morgan fingerprint density at radius 2 is 1.82 bits per heavy atom. The van der Waals surface area contributed by atoms with Gasteiger partial charge in [-0.1, -0.05) is 48.0 Å². The molecule has 0 fully saturated rings. The number of nitrogens with one attached hydrogen (secondary N) is 1. The van der Waals surface area contributed by atoms with Gasteiger partial charge in [0.05, 0.1) is 10.9 Å². The highest BCUT2D eigenvalue weighted by Crippen LogP contribution is 2.27. The summed E-state index contributed by atoms with van der Waals surface area (Å²) in [6.07, 6.45) is 1.48. The molecular weight excluding hydrogens is 350 g/mol. The average molecular weight is 369 g/mol. The third kappa shape index (κ3) is 3.99. The van der Waals surface area contributed by atoms with Crippen molar-refractivity contribution in [2.75, 3.05) is 0 Å². The fraction of sp³-hybridized carbons (Fsp3) is 0.0870. The van der Waals surface area contributed by atoms with Crippen LogP contribution in [0, 0.1) is 6.92 Å². The number of hydrogen-bond acceptors (Lipinski definition) is 4. The molecule has 0 bridgehead atoms. The van der Waals surface area contributed by atoms with E-state index < -0.39 is 0 Å². The lowest BCUT2D eigenvalue weighted by atomic mass is 10.1. The first-order valence-corrected chi connectivity index (χ1v) is 9.00. The number of carbonyl (C=O) groups is 1. The predicted octanol–water partition coefficient (Wildman–Crippen LogP) is 4.66. The van der Waals surface area contributed by atoms with Gasteiger partial charge in [0.25, 0.3) is 5.91 Å². The topological polar surface area (TPSA) is 64.1 Å². The number of benzene rings is 3. The number of carbonyl (C=O) groups excluding carboxylic acids is 1. The van der Waals surface area contributed by atoms with Crippen molar-refractivity contribution in [3.05, 3.63) is 95.8 Å². The molecule has 0 unspecified atom stereocenters. The molecular formula is C23H19N3O2. The first kappa shape index (κ1) is 17.7. The highest BCUT2D eigenvalue weighted by atomic mass is 16.5. The summed E-state index contributed by atoms with van der Waals surface area (Å²) in [6, 6.07) is 22.8. The third-order valence-electron chi connectivity index (χ3n) is 4.36. The summed E-state index contributed by atoms with van der Waals surface area (Å²) in [4.78, 5) is 21.0. The second kappa shape index (κ2) is 7.88. The lowest BCUT2D eigenvalue weighted by Gasteiger charge is -2.10. The maximum atomic E-state index is 12.5. The van der Waals surface area contributed by atoms with Crippen molar-refractivity contribution in [1.29, 1.82) is 0 Å². The molecule has 5 nitrogen and oxygen atoms in total. The van der Waals surface area contributed by atoms with Crippen LogP contribution >= 0.6 is 0 Å². The molecule has 1 aromatic heterocycles. The largest absolute Gasteiger partial charge is 0.438 e. The van der Waals surface area contributed by atoms with Gasteiger partial charge in [0.2, 0.25) is 5.88 Å². The van der Waals surface area contributed by atoms with E-state index in [1.54, 1.807) is 24.3 Å². The van der Waals surface area contributed by atoms with Crippen molar-refractivity contribution in [1.82, 2.24) is 15.3 Å². The van der Waals surface area contributed by atoms with Crippen LogP contribution in [0.4, 0.5) is 0 Å². The molecule has 0 aliphatic carbocycles. The summed E-state index contributed by atoms with van der Waals surface area (Å²) < 4.78 is 5.97. The van der Waals surface area contributed by atoms with E-state index in [1.165, 1.54) is 6.33 Å². The third-order valence-corrected chi connectivity index (χ3v) is 4.36. The zero-order chi connectivity index (χ0) is 19.3. The smallest absolute Gasteiger partial charge is 0.251 e. The molecule has 138 valence electrons. The van der Waals surface area contributed by atoms with Crippen molar-refractivity contribution in [3.8, 4) is 11.6 Å². The van der Waals surface area contributed by atoms with Gasteiger partial charge in [-0.2, -0.15) is 0 Å². The van der Waals surface area contributed by atoms with E-state index in [9.17, 15) is 4.79 Å². The summed E-state index contributed by atoms with van der Waals surface area (Å²) >= 11 is 0. The summed E-state index contributed by atoms with van der Waals surface area (Å²) in [5.74, 6) is 0.863. The Morgan fingerprint density at radius 3 is 2.68 bits per heavy atom. The van der Waals surface area contributed by atoms with Crippen LogP contribution in [0.3, 0.4) is 0 Å². The molecule has 0 saturated carbocycles. The van der Waals surface area contributed by atoms with Crippen molar-refractivity contribution < 1.29 is 9.53 Å². The van der Waals surface area contributed by atoms with Gasteiger partial charge >= 0.3 is 0 Å². The van der Waals surface area contributed by atoms with E-state index in [0.717, 1.165) is 22.0 Å². The highest BCUT2D eigenvalue weighted by molar-refractivity contribution is 5.94. The van der Waals surface area contributed by atoms with E-state index >= 15 is 0 Å². The molecule has 1 N–H and O–H groups in total. The molecule has 0 radical (unpaired) electrons. The van der Waals surface area contributed by atoms with E-state index in [0.29, 0.717) is 23.7 Å². The van der Waals surface area contributed by atoms with Crippen molar-refractivity contribution in [3.63, 3.8) is 0 Å². The number of amides is 1. The van der Waals surface area contributed by atoms with Crippen molar-refractivity contribution in [2.24, 2.45) is 0 Å². The van der Waals surface area contributed by atoms with Crippen LogP contribution in [-0.2, 0) is 6.54 Å². The Labute approximate surface area is 163 Å². The van der Waals surface area contributed by atoms with Gasteiger partial charge in [-0.3, -0.25) is 4.79 Å². The molecule has 1 heterocycles. The van der Waals surface area contributed by atoms with Crippen LogP contribution in [0.15, 0.2) is 79.1 Å². The number of rotatable bonds is 5. The number of aromatic nitrogens is 2. The maximum Gasteiger partial charge on any atom is 0.251 e. The summed E-state index contributed by atoms with van der Waals surface area (Å²) in [5.41, 5.74) is 3.49. The Balaban J connectivity index is 1.53. The lowest BCUT2D eigenvalue weighted by Crippen LogP contribution is -2.22. The van der Waals surface area contributed by atoms with Gasteiger partial charge < -0.3 is 10.1 Å². The van der Waals surface area contributed by atoms with Crippen LogP contribution in [-0.4, -0.2) is 15.9 Å². The number of aryl methyl sites for hydroxylation is 1. The molecule has 28 heavy (non-hydrogen) atoms.